The Bertz CT molecular complexity index is 927. The third-order valence-electron chi connectivity index (χ3n) is 3.93. The van der Waals surface area contributed by atoms with Gasteiger partial charge in [-0.05, 0) is 55.5 Å². The van der Waals surface area contributed by atoms with Crippen LogP contribution >= 0.6 is 0 Å². The molecule has 3 aromatic rings. The molecule has 0 aliphatic heterocycles. The zero-order valence-electron chi connectivity index (χ0n) is 14.6. The molecule has 0 aliphatic carbocycles. The minimum atomic E-state index is -1.72. The van der Waals surface area contributed by atoms with Gasteiger partial charge in [0.2, 0.25) is 5.91 Å². The Morgan fingerprint density at radius 3 is 2.37 bits per heavy atom. The van der Waals surface area contributed by atoms with E-state index < -0.39 is 18.1 Å². The van der Waals surface area contributed by atoms with Gasteiger partial charge in [0.1, 0.15) is 17.6 Å². The van der Waals surface area contributed by atoms with Crippen molar-refractivity contribution in [3.05, 3.63) is 72.2 Å². The molecule has 4 N–H and O–H groups in total. The predicted octanol–water partition coefficient (Wildman–Crippen LogP) is 2.12. The van der Waals surface area contributed by atoms with E-state index in [2.05, 4.69) is 9.97 Å². The van der Waals surface area contributed by atoms with Crippen molar-refractivity contribution in [2.75, 3.05) is 0 Å². The van der Waals surface area contributed by atoms with Gasteiger partial charge in [0, 0.05) is 11.3 Å². The number of hydrogen-bond donors (Lipinski definition) is 3. The highest BCUT2D eigenvalue weighted by molar-refractivity contribution is 5.79. The number of carbonyl (C=O) groups is 1. The van der Waals surface area contributed by atoms with Crippen molar-refractivity contribution < 1.29 is 19.7 Å². The lowest BCUT2D eigenvalue weighted by molar-refractivity contribution is -0.132. The van der Waals surface area contributed by atoms with Gasteiger partial charge in [0.15, 0.2) is 6.10 Å². The molecule has 2 aromatic heterocycles. The van der Waals surface area contributed by atoms with E-state index in [0.29, 0.717) is 17.2 Å². The van der Waals surface area contributed by atoms with Crippen molar-refractivity contribution in [2.45, 2.75) is 19.1 Å². The maximum absolute atomic E-state index is 11.0. The molecule has 2 atom stereocenters. The van der Waals surface area contributed by atoms with Crippen LogP contribution in [0, 0.1) is 6.92 Å². The number of pyridine rings is 2. The van der Waals surface area contributed by atoms with E-state index >= 15 is 0 Å². The van der Waals surface area contributed by atoms with Gasteiger partial charge in [-0.2, -0.15) is 0 Å². The summed E-state index contributed by atoms with van der Waals surface area (Å²) < 4.78 is 5.74. The van der Waals surface area contributed by atoms with Crippen LogP contribution in [-0.4, -0.2) is 32.2 Å². The lowest BCUT2D eigenvalue weighted by Gasteiger charge is -2.15. The topological polar surface area (TPSA) is 119 Å². The lowest BCUT2D eigenvalue weighted by Crippen LogP contribution is -2.34. The zero-order valence-corrected chi connectivity index (χ0v) is 14.6. The van der Waals surface area contributed by atoms with Crippen LogP contribution in [0.1, 0.15) is 17.5 Å². The summed E-state index contributed by atoms with van der Waals surface area (Å²) in [6.45, 7) is 1.90. The highest BCUT2D eigenvalue weighted by Crippen LogP contribution is 2.26. The van der Waals surface area contributed by atoms with E-state index in [-0.39, 0.29) is 5.69 Å². The van der Waals surface area contributed by atoms with Crippen LogP contribution in [0.3, 0.4) is 0 Å². The minimum Gasteiger partial charge on any atom is -0.456 e. The minimum absolute atomic E-state index is 0.157. The monoisotopic (exact) mass is 365 g/mol. The zero-order chi connectivity index (χ0) is 19.4. The average Bonchev–Trinajstić information content (AvgIpc) is 2.69. The van der Waals surface area contributed by atoms with E-state index in [1.165, 1.54) is 6.07 Å². The number of carbonyl (C=O) groups excluding carboxylic acids is 1. The third-order valence-corrected chi connectivity index (χ3v) is 3.93. The second-order valence-electron chi connectivity index (χ2n) is 6.00. The molecule has 1 amide bonds. The molecule has 2 heterocycles. The first kappa shape index (κ1) is 18.5. The molecular formula is C20H19N3O4. The number of benzene rings is 1. The summed E-state index contributed by atoms with van der Waals surface area (Å²) >= 11 is 0. The third kappa shape index (κ3) is 4.46. The maximum atomic E-state index is 11.0. The SMILES string of the molecule is Cc1ccc(Oc2ccc(-c3cccc([C@H](O)[C@@H](O)C(N)=O)n3)cc2)cn1. The summed E-state index contributed by atoms with van der Waals surface area (Å²) in [5.41, 5.74) is 7.44. The molecule has 27 heavy (non-hydrogen) atoms. The first-order valence-electron chi connectivity index (χ1n) is 8.27. The Labute approximate surface area is 156 Å². The Kier molecular flexibility index (Phi) is 5.44. The average molecular weight is 365 g/mol. The number of aryl methyl sites for hydroxylation is 1. The first-order valence-corrected chi connectivity index (χ1v) is 8.27. The molecule has 0 aliphatic rings. The van der Waals surface area contributed by atoms with Gasteiger partial charge in [-0.25, -0.2) is 4.98 Å². The molecule has 0 spiro atoms. The van der Waals surface area contributed by atoms with Gasteiger partial charge in [0.25, 0.3) is 0 Å². The number of rotatable bonds is 6. The number of hydrogen-bond acceptors (Lipinski definition) is 6. The molecule has 0 saturated carbocycles. The number of aliphatic hydroxyl groups is 2. The molecule has 0 radical (unpaired) electrons. The fourth-order valence-corrected chi connectivity index (χ4v) is 2.44. The van der Waals surface area contributed by atoms with Crippen LogP contribution in [0.15, 0.2) is 60.8 Å². The lowest BCUT2D eigenvalue weighted by atomic mass is 10.1. The molecule has 3 rings (SSSR count). The first-order chi connectivity index (χ1) is 12.9. The van der Waals surface area contributed by atoms with Gasteiger partial charge >= 0.3 is 0 Å². The van der Waals surface area contributed by atoms with E-state index in [0.717, 1.165) is 11.3 Å². The van der Waals surface area contributed by atoms with Crippen LogP contribution in [0.25, 0.3) is 11.3 Å². The van der Waals surface area contributed by atoms with Crippen molar-refractivity contribution in [2.24, 2.45) is 5.73 Å². The van der Waals surface area contributed by atoms with Gasteiger partial charge < -0.3 is 20.7 Å². The normalized spacial score (nSPS) is 13.0. The van der Waals surface area contributed by atoms with Crippen molar-refractivity contribution >= 4 is 5.91 Å². The number of nitrogens with two attached hydrogens (primary N) is 1. The van der Waals surface area contributed by atoms with Gasteiger partial charge in [-0.1, -0.05) is 6.07 Å². The summed E-state index contributed by atoms with van der Waals surface area (Å²) in [5, 5.41) is 19.6. The van der Waals surface area contributed by atoms with Crippen molar-refractivity contribution in [1.29, 1.82) is 0 Å². The summed E-state index contributed by atoms with van der Waals surface area (Å²) in [4.78, 5) is 19.5. The number of primary amides is 1. The predicted molar refractivity (Wildman–Crippen MR) is 98.9 cm³/mol. The Morgan fingerprint density at radius 2 is 1.74 bits per heavy atom. The van der Waals surface area contributed by atoms with Gasteiger partial charge in [-0.3, -0.25) is 9.78 Å². The van der Waals surface area contributed by atoms with E-state index in [4.69, 9.17) is 10.5 Å². The van der Waals surface area contributed by atoms with E-state index in [1.54, 1.807) is 30.5 Å². The fourth-order valence-electron chi connectivity index (χ4n) is 2.44. The molecule has 1 aromatic carbocycles. The summed E-state index contributed by atoms with van der Waals surface area (Å²) in [6, 6.07) is 15.9. The number of nitrogens with zero attached hydrogens (tertiary/aromatic N) is 2. The number of ether oxygens (including phenoxy) is 1. The number of aliphatic hydroxyl groups excluding tert-OH is 2. The molecule has 0 unspecified atom stereocenters. The standard InChI is InChI=1S/C20H19N3O4/c1-12-5-8-15(11-22-12)27-14-9-6-13(7-10-14)16-3-2-4-17(23-16)18(24)19(25)20(21)26/h2-11,18-19,24-25H,1H3,(H2,21,26)/t18-,19+/m0/s1. The molecule has 0 fully saturated rings. The molecule has 0 saturated heterocycles. The highest BCUT2D eigenvalue weighted by atomic mass is 16.5. The van der Waals surface area contributed by atoms with Gasteiger partial charge in [0.05, 0.1) is 17.6 Å². The Morgan fingerprint density at radius 1 is 1.04 bits per heavy atom. The molecule has 7 nitrogen and oxygen atoms in total. The van der Waals surface area contributed by atoms with Crippen LogP contribution in [0.4, 0.5) is 0 Å². The van der Waals surface area contributed by atoms with Crippen molar-refractivity contribution in [3.8, 4) is 22.8 Å². The van der Waals surface area contributed by atoms with E-state index in [9.17, 15) is 15.0 Å². The van der Waals surface area contributed by atoms with Crippen LogP contribution in [0.2, 0.25) is 0 Å². The quantitative estimate of drug-likeness (QED) is 0.616. The van der Waals surface area contributed by atoms with Gasteiger partial charge in [-0.15, -0.1) is 0 Å². The number of amides is 1. The molecule has 0 bridgehead atoms. The number of aromatic nitrogens is 2. The highest BCUT2D eigenvalue weighted by Gasteiger charge is 2.24. The van der Waals surface area contributed by atoms with E-state index in [1.807, 2.05) is 31.2 Å². The molecular weight excluding hydrogens is 346 g/mol. The maximum Gasteiger partial charge on any atom is 0.249 e. The summed E-state index contributed by atoms with van der Waals surface area (Å²) in [6.07, 6.45) is -1.55. The summed E-state index contributed by atoms with van der Waals surface area (Å²) in [7, 11) is 0. The Hall–Kier alpha value is -3.29. The van der Waals surface area contributed by atoms with Crippen LogP contribution in [-0.2, 0) is 4.79 Å². The van der Waals surface area contributed by atoms with Crippen LogP contribution < -0.4 is 10.5 Å². The smallest absolute Gasteiger partial charge is 0.249 e. The van der Waals surface area contributed by atoms with Crippen molar-refractivity contribution in [1.82, 2.24) is 9.97 Å². The molecule has 7 heteroatoms. The fraction of sp³-hybridized carbons (Fsp3) is 0.150. The second kappa shape index (κ2) is 7.94. The Balaban J connectivity index is 1.78. The molecule has 138 valence electrons. The van der Waals surface area contributed by atoms with Crippen LogP contribution in [0.5, 0.6) is 11.5 Å². The van der Waals surface area contributed by atoms with Crippen molar-refractivity contribution in [3.63, 3.8) is 0 Å². The second-order valence-corrected chi connectivity index (χ2v) is 6.00. The largest absolute Gasteiger partial charge is 0.456 e. The summed E-state index contributed by atoms with van der Waals surface area (Å²) in [5.74, 6) is 0.267.